The maximum absolute atomic E-state index is 5.55. The van der Waals surface area contributed by atoms with Gasteiger partial charge in [-0.1, -0.05) is 43.9 Å². The Labute approximate surface area is 73.9 Å². The van der Waals surface area contributed by atoms with Gasteiger partial charge in [0.2, 0.25) is 0 Å². The van der Waals surface area contributed by atoms with Crippen LogP contribution in [0.15, 0.2) is 23.3 Å². The molecule has 0 rings (SSSR count). The summed E-state index contributed by atoms with van der Waals surface area (Å²) in [6.45, 7) is 9.57. The fourth-order valence-corrected chi connectivity index (χ4v) is 0.693. The highest BCUT2D eigenvalue weighted by Gasteiger charge is 1.84. The standard InChI is InChI=1S/C10H13Cl/c1-8(2)5-6-9(3)7-10(4)11/h7-8H,4H2,1-3H3/b9-7+. The Morgan fingerprint density at radius 3 is 2.45 bits per heavy atom. The fourth-order valence-electron chi connectivity index (χ4n) is 0.529. The largest absolute Gasteiger partial charge is 0.0954 e. The quantitative estimate of drug-likeness (QED) is 0.416. The average Bonchev–Trinajstić information content (AvgIpc) is 1.82. The van der Waals surface area contributed by atoms with Gasteiger partial charge in [-0.2, -0.15) is 0 Å². The second-order valence-corrected chi connectivity index (χ2v) is 3.18. The molecule has 0 aromatic carbocycles. The second-order valence-electron chi connectivity index (χ2n) is 2.70. The molecule has 1 heteroatoms. The van der Waals surface area contributed by atoms with E-state index in [2.05, 4.69) is 32.3 Å². The first-order valence-corrected chi connectivity index (χ1v) is 3.94. The third-order valence-electron chi connectivity index (χ3n) is 0.931. The molecule has 0 aromatic heterocycles. The molecule has 0 aliphatic heterocycles. The lowest BCUT2D eigenvalue weighted by atomic mass is 10.2. The van der Waals surface area contributed by atoms with E-state index in [0.717, 1.165) is 5.57 Å². The van der Waals surface area contributed by atoms with Crippen molar-refractivity contribution in [1.82, 2.24) is 0 Å². The molecule has 0 N–H and O–H groups in total. The highest BCUT2D eigenvalue weighted by Crippen LogP contribution is 2.03. The molecule has 0 spiro atoms. The molecular formula is C10H13Cl. The van der Waals surface area contributed by atoms with Crippen LogP contribution < -0.4 is 0 Å². The normalized spacial score (nSPS) is 10.8. The highest BCUT2D eigenvalue weighted by atomic mass is 35.5. The Balaban J connectivity index is 4.20. The first kappa shape index (κ1) is 10.3. The lowest BCUT2D eigenvalue weighted by Crippen LogP contribution is -1.78. The van der Waals surface area contributed by atoms with Crippen LogP contribution in [0.25, 0.3) is 0 Å². The summed E-state index contributed by atoms with van der Waals surface area (Å²) in [4.78, 5) is 0. The molecule has 0 heterocycles. The van der Waals surface area contributed by atoms with Crippen LogP contribution in [-0.4, -0.2) is 0 Å². The molecule has 11 heavy (non-hydrogen) atoms. The summed E-state index contributed by atoms with van der Waals surface area (Å²) in [6, 6.07) is 0. The summed E-state index contributed by atoms with van der Waals surface area (Å²) in [5, 5.41) is 0.528. The van der Waals surface area contributed by atoms with Crippen LogP contribution in [-0.2, 0) is 0 Å². The molecule has 0 fully saturated rings. The number of rotatable bonds is 1. The van der Waals surface area contributed by atoms with Crippen molar-refractivity contribution in [3.8, 4) is 11.8 Å². The zero-order chi connectivity index (χ0) is 8.85. The molecule has 60 valence electrons. The number of allylic oxidation sites excluding steroid dienone is 3. The van der Waals surface area contributed by atoms with Crippen molar-refractivity contribution in [2.45, 2.75) is 20.8 Å². The molecule has 0 nitrogen and oxygen atoms in total. The van der Waals surface area contributed by atoms with Gasteiger partial charge in [-0.05, 0) is 13.0 Å². The van der Waals surface area contributed by atoms with E-state index in [1.807, 2.05) is 6.92 Å². The van der Waals surface area contributed by atoms with Crippen molar-refractivity contribution in [3.63, 3.8) is 0 Å². The first-order chi connectivity index (χ1) is 5.02. The van der Waals surface area contributed by atoms with Gasteiger partial charge in [0.25, 0.3) is 0 Å². The molecule has 0 radical (unpaired) electrons. The topological polar surface area (TPSA) is 0 Å². The summed E-state index contributed by atoms with van der Waals surface area (Å²) in [5.41, 5.74) is 0.957. The van der Waals surface area contributed by atoms with E-state index in [9.17, 15) is 0 Å². The van der Waals surface area contributed by atoms with Crippen LogP contribution in [0, 0.1) is 17.8 Å². The number of hydrogen-bond acceptors (Lipinski definition) is 0. The van der Waals surface area contributed by atoms with Gasteiger partial charge in [0.15, 0.2) is 0 Å². The SMILES string of the molecule is C=C(Cl)/C=C(\C)C#CC(C)C. The van der Waals surface area contributed by atoms with Crippen molar-refractivity contribution < 1.29 is 0 Å². The second kappa shape index (κ2) is 5.04. The molecular weight excluding hydrogens is 156 g/mol. The van der Waals surface area contributed by atoms with Gasteiger partial charge in [-0.25, -0.2) is 0 Å². The van der Waals surface area contributed by atoms with Crippen LogP contribution in [0.2, 0.25) is 0 Å². The summed E-state index contributed by atoms with van der Waals surface area (Å²) < 4.78 is 0. The minimum atomic E-state index is 0.405. The molecule has 0 amide bonds. The Bertz CT molecular complexity index is 223. The zero-order valence-electron chi connectivity index (χ0n) is 7.24. The van der Waals surface area contributed by atoms with Gasteiger partial charge in [-0.3, -0.25) is 0 Å². The predicted octanol–water partition coefficient (Wildman–Crippen LogP) is 3.34. The fraction of sp³-hybridized carbons (Fsp3) is 0.400. The van der Waals surface area contributed by atoms with E-state index in [1.54, 1.807) is 6.08 Å². The van der Waals surface area contributed by atoms with E-state index in [0.29, 0.717) is 11.0 Å². The van der Waals surface area contributed by atoms with Crippen molar-refractivity contribution in [3.05, 3.63) is 23.3 Å². The maximum atomic E-state index is 5.55. The van der Waals surface area contributed by atoms with Gasteiger partial charge in [0.05, 0.1) is 0 Å². The molecule has 0 saturated carbocycles. The third-order valence-corrected chi connectivity index (χ3v) is 1.04. The van der Waals surface area contributed by atoms with Crippen molar-refractivity contribution in [1.29, 1.82) is 0 Å². The predicted molar refractivity (Wildman–Crippen MR) is 51.4 cm³/mol. The van der Waals surface area contributed by atoms with Crippen LogP contribution in [0.4, 0.5) is 0 Å². The van der Waals surface area contributed by atoms with Crippen LogP contribution in [0.1, 0.15) is 20.8 Å². The third kappa shape index (κ3) is 7.22. The summed E-state index contributed by atoms with van der Waals surface area (Å²) in [6.07, 6.45) is 1.76. The maximum Gasteiger partial charge on any atom is 0.0343 e. The molecule has 0 aromatic rings. The van der Waals surface area contributed by atoms with E-state index in [1.165, 1.54) is 0 Å². The minimum absolute atomic E-state index is 0.405. The smallest absolute Gasteiger partial charge is 0.0343 e. The Hall–Kier alpha value is -0.670. The molecule has 0 bridgehead atoms. The van der Waals surface area contributed by atoms with Crippen molar-refractivity contribution in [2.75, 3.05) is 0 Å². The summed E-state index contributed by atoms with van der Waals surface area (Å²) in [7, 11) is 0. The Morgan fingerprint density at radius 1 is 1.55 bits per heavy atom. The van der Waals surface area contributed by atoms with Gasteiger partial charge in [0.1, 0.15) is 0 Å². The number of halogens is 1. The first-order valence-electron chi connectivity index (χ1n) is 3.56. The van der Waals surface area contributed by atoms with E-state index < -0.39 is 0 Å². The van der Waals surface area contributed by atoms with E-state index in [-0.39, 0.29) is 0 Å². The van der Waals surface area contributed by atoms with Crippen molar-refractivity contribution in [2.24, 2.45) is 5.92 Å². The van der Waals surface area contributed by atoms with Crippen LogP contribution in [0.3, 0.4) is 0 Å². The average molecular weight is 169 g/mol. The van der Waals surface area contributed by atoms with E-state index >= 15 is 0 Å². The van der Waals surface area contributed by atoms with E-state index in [4.69, 9.17) is 11.6 Å². The molecule has 0 saturated heterocycles. The van der Waals surface area contributed by atoms with Crippen LogP contribution >= 0.6 is 11.6 Å². The molecule has 0 atom stereocenters. The Kier molecular flexibility index (Phi) is 4.74. The van der Waals surface area contributed by atoms with Gasteiger partial charge in [0, 0.05) is 16.5 Å². The minimum Gasteiger partial charge on any atom is -0.0954 e. The summed E-state index contributed by atoms with van der Waals surface area (Å²) in [5.74, 6) is 6.42. The lowest BCUT2D eigenvalue weighted by molar-refractivity contribution is 0.866. The van der Waals surface area contributed by atoms with Gasteiger partial charge >= 0.3 is 0 Å². The number of hydrogen-bond donors (Lipinski definition) is 0. The van der Waals surface area contributed by atoms with Gasteiger partial charge in [-0.15, -0.1) is 0 Å². The lowest BCUT2D eigenvalue weighted by Gasteiger charge is -1.89. The molecule has 0 aliphatic rings. The van der Waals surface area contributed by atoms with Gasteiger partial charge < -0.3 is 0 Å². The Morgan fingerprint density at radius 2 is 2.09 bits per heavy atom. The van der Waals surface area contributed by atoms with Crippen molar-refractivity contribution >= 4 is 11.6 Å². The van der Waals surface area contributed by atoms with Crippen LogP contribution in [0.5, 0.6) is 0 Å². The molecule has 0 unspecified atom stereocenters. The highest BCUT2D eigenvalue weighted by molar-refractivity contribution is 6.30. The molecule has 0 aliphatic carbocycles. The monoisotopic (exact) mass is 168 g/mol. The zero-order valence-corrected chi connectivity index (χ0v) is 8.00. The summed E-state index contributed by atoms with van der Waals surface area (Å²) >= 11 is 5.55.